The van der Waals surface area contributed by atoms with Crippen LogP contribution in [-0.4, -0.2) is 11.6 Å². The molecular formula is C13H21N. The van der Waals surface area contributed by atoms with Crippen molar-refractivity contribution in [2.24, 2.45) is 17.8 Å². The Morgan fingerprint density at radius 3 is 2.57 bits per heavy atom. The third-order valence-corrected chi connectivity index (χ3v) is 5.20. The molecule has 1 heteroatoms. The molecule has 0 aromatic carbocycles. The highest BCUT2D eigenvalue weighted by atomic mass is 15.1. The normalized spacial score (nSPS) is 48.4. The fourth-order valence-electron chi connectivity index (χ4n) is 3.90. The lowest BCUT2D eigenvalue weighted by molar-refractivity contribution is 0.293. The van der Waals surface area contributed by atoms with Gasteiger partial charge in [0.15, 0.2) is 0 Å². The van der Waals surface area contributed by atoms with E-state index in [2.05, 4.69) is 5.32 Å². The fourth-order valence-corrected chi connectivity index (χ4v) is 3.90. The van der Waals surface area contributed by atoms with Crippen molar-refractivity contribution in [1.82, 2.24) is 5.32 Å². The molecule has 0 heterocycles. The molecule has 14 heavy (non-hydrogen) atoms. The Bertz CT molecular complexity index is 252. The van der Waals surface area contributed by atoms with E-state index in [0.717, 1.165) is 23.8 Å². The summed E-state index contributed by atoms with van der Waals surface area (Å²) in [6.07, 6.45) is 12.1. The zero-order valence-corrected chi connectivity index (χ0v) is 8.97. The average Bonchev–Trinajstić information content (AvgIpc) is 3.02. The standard InChI is InChI=1S/C13H21N/c1-2-9-8-11(9)12(3-1)14-13(6-7-13)10-4-5-10/h9-12,14H,1-8H2/t9-,11+,12?/m0/s1. The lowest BCUT2D eigenvalue weighted by Crippen LogP contribution is -2.44. The quantitative estimate of drug-likeness (QED) is 0.723. The van der Waals surface area contributed by atoms with Gasteiger partial charge >= 0.3 is 0 Å². The molecule has 1 N–H and O–H groups in total. The first-order valence-corrected chi connectivity index (χ1v) is 6.65. The van der Waals surface area contributed by atoms with E-state index in [9.17, 15) is 0 Å². The minimum atomic E-state index is 0.676. The molecule has 4 rings (SSSR count). The van der Waals surface area contributed by atoms with E-state index in [1.807, 2.05) is 0 Å². The van der Waals surface area contributed by atoms with Crippen LogP contribution < -0.4 is 5.32 Å². The van der Waals surface area contributed by atoms with Crippen LogP contribution in [0.25, 0.3) is 0 Å². The lowest BCUT2D eigenvalue weighted by atomic mass is 9.94. The first-order valence-electron chi connectivity index (χ1n) is 6.65. The van der Waals surface area contributed by atoms with Gasteiger partial charge in [0.1, 0.15) is 0 Å². The molecule has 0 saturated heterocycles. The maximum absolute atomic E-state index is 4.06. The number of rotatable bonds is 3. The molecule has 0 amide bonds. The molecule has 0 aliphatic heterocycles. The summed E-state index contributed by atoms with van der Waals surface area (Å²) in [6, 6.07) is 0.928. The van der Waals surface area contributed by atoms with Crippen molar-refractivity contribution in [1.29, 1.82) is 0 Å². The predicted octanol–water partition coefficient (Wildman–Crippen LogP) is 2.71. The third kappa shape index (κ3) is 1.18. The fraction of sp³-hybridized carbons (Fsp3) is 1.00. The topological polar surface area (TPSA) is 12.0 Å². The Hall–Kier alpha value is -0.0400. The largest absolute Gasteiger partial charge is 0.308 e. The smallest absolute Gasteiger partial charge is 0.0213 e. The number of nitrogens with one attached hydrogen (secondary N) is 1. The molecule has 0 aromatic heterocycles. The molecule has 78 valence electrons. The number of hydrogen-bond donors (Lipinski definition) is 1. The van der Waals surface area contributed by atoms with Crippen LogP contribution in [0.2, 0.25) is 0 Å². The van der Waals surface area contributed by atoms with Crippen LogP contribution in [0, 0.1) is 17.8 Å². The molecule has 0 radical (unpaired) electrons. The summed E-state index contributed by atoms with van der Waals surface area (Å²) < 4.78 is 0. The van der Waals surface area contributed by atoms with Crippen molar-refractivity contribution in [3.63, 3.8) is 0 Å². The minimum absolute atomic E-state index is 0.676. The summed E-state index contributed by atoms with van der Waals surface area (Å²) >= 11 is 0. The van der Waals surface area contributed by atoms with E-state index in [1.165, 1.54) is 38.5 Å². The van der Waals surface area contributed by atoms with E-state index in [4.69, 9.17) is 0 Å². The number of fused-ring (bicyclic) bond motifs is 1. The van der Waals surface area contributed by atoms with Gasteiger partial charge in [-0.25, -0.2) is 0 Å². The molecule has 4 aliphatic rings. The Kier molecular flexibility index (Phi) is 1.49. The van der Waals surface area contributed by atoms with Crippen LogP contribution >= 0.6 is 0 Å². The van der Waals surface area contributed by atoms with Crippen LogP contribution in [0.1, 0.15) is 51.4 Å². The maximum atomic E-state index is 4.06. The van der Waals surface area contributed by atoms with Gasteiger partial charge in [0.25, 0.3) is 0 Å². The van der Waals surface area contributed by atoms with Crippen LogP contribution in [-0.2, 0) is 0 Å². The van der Waals surface area contributed by atoms with E-state index in [-0.39, 0.29) is 0 Å². The first-order chi connectivity index (χ1) is 6.87. The summed E-state index contributed by atoms with van der Waals surface area (Å²) in [7, 11) is 0. The van der Waals surface area contributed by atoms with Gasteiger partial charge in [-0.05, 0) is 56.3 Å². The van der Waals surface area contributed by atoms with Gasteiger partial charge in [0, 0.05) is 11.6 Å². The molecule has 4 saturated carbocycles. The molecule has 0 aromatic rings. The predicted molar refractivity (Wildman–Crippen MR) is 57.1 cm³/mol. The van der Waals surface area contributed by atoms with Crippen LogP contribution in [0.15, 0.2) is 0 Å². The summed E-state index contributed by atoms with van der Waals surface area (Å²) in [4.78, 5) is 0. The summed E-state index contributed by atoms with van der Waals surface area (Å²) in [6.45, 7) is 0. The molecule has 3 atom stereocenters. The van der Waals surface area contributed by atoms with Crippen molar-refractivity contribution in [3.8, 4) is 0 Å². The Morgan fingerprint density at radius 1 is 1.00 bits per heavy atom. The van der Waals surface area contributed by atoms with Crippen molar-refractivity contribution in [2.75, 3.05) is 0 Å². The van der Waals surface area contributed by atoms with E-state index >= 15 is 0 Å². The van der Waals surface area contributed by atoms with Crippen molar-refractivity contribution in [2.45, 2.75) is 62.9 Å². The van der Waals surface area contributed by atoms with Gasteiger partial charge in [0.2, 0.25) is 0 Å². The minimum Gasteiger partial charge on any atom is -0.308 e. The molecular weight excluding hydrogens is 170 g/mol. The van der Waals surface area contributed by atoms with E-state index < -0.39 is 0 Å². The lowest BCUT2D eigenvalue weighted by Gasteiger charge is -2.28. The summed E-state index contributed by atoms with van der Waals surface area (Å²) in [5.41, 5.74) is 0.676. The zero-order valence-electron chi connectivity index (χ0n) is 8.97. The van der Waals surface area contributed by atoms with Gasteiger partial charge in [-0.3, -0.25) is 0 Å². The van der Waals surface area contributed by atoms with Crippen molar-refractivity contribution < 1.29 is 0 Å². The second kappa shape index (κ2) is 2.55. The van der Waals surface area contributed by atoms with Crippen LogP contribution in [0.3, 0.4) is 0 Å². The first kappa shape index (κ1) is 8.15. The van der Waals surface area contributed by atoms with Gasteiger partial charge < -0.3 is 5.32 Å². The average molecular weight is 191 g/mol. The highest BCUT2D eigenvalue weighted by molar-refractivity contribution is 5.14. The van der Waals surface area contributed by atoms with E-state index in [1.54, 1.807) is 12.8 Å². The van der Waals surface area contributed by atoms with Gasteiger partial charge in [-0.1, -0.05) is 12.8 Å². The summed E-state index contributed by atoms with van der Waals surface area (Å²) in [5, 5.41) is 4.06. The molecule has 0 bridgehead atoms. The highest BCUT2D eigenvalue weighted by Crippen LogP contribution is 2.56. The van der Waals surface area contributed by atoms with Gasteiger partial charge in [-0.2, -0.15) is 0 Å². The van der Waals surface area contributed by atoms with E-state index in [0.29, 0.717) is 5.54 Å². The SMILES string of the molecule is C1CC(NC2(C3CC3)CC2)[C@@H]2C[C@@H]2C1. The molecule has 1 unspecified atom stereocenters. The monoisotopic (exact) mass is 191 g/mol. The van der Waals surface area contributed by atoms with Crippen LogP contribution in [0.4, 0.5) is 0 Å². The highest BCUT2D eigenvalue weighted by Gasteiger charge is 2.56. The second-order valence-corrected chi connectivity index (χ2v) is 6.27. The number of hydrogen-bond acceptors (Lipinski definition) is 1. The van der Waals surface area contributed by atoms with Crippen molar-refractivity contribution >= 4 is 0 Å². The molecule has 0 spiro atoms. The Labute approximate surface area is 86.6 Å². The molecule has 4 aliphatic carbocycles. The van der Waals surface area contributed by atoms with Gasteiger partial charge in [0.05, 0.1) is 0 Å². The second-order valence-electron chi connectivity index (χ2n) is 6.27. The Balaban J connectivity index is 1.44. The maximum Gasteiger partial charge on any atom is 0.0213 e. The van der Waals surface area contributed by atoms with Crippen LogP contribution in [0.5, 0.6) is 0 Å². The van der Waals surface area contributed by atoms with Crippen molar-refractivity contribution in [3.05, 3.63) is 0 Å². The third-order valence-electron chi connectivity index (χ3n) is 5.20. The zero-order chi connectivity index (χ0) is 9.17. The molecule has 1 nitrogen and oxygen atoms in total. The summed E-state index contributed by atoms with van der Waals surface area (Å²) in [5.74, 6) is 3.32. The van der Waals surface area contributed by atoms with Gasteiger partial charge in [-0.15, -0.1) is 0 Å². The molecule has 4 fully saturated rings. The Morgan fingerprint density at radius 2 is 1.86 bits per heavy atom.